The maximum atomic E-state index is 8.89. The molecule has 0 amide bonds. The van der Waals surface area contributed by atoms with E-state index < -0.39 is 0 Å². The lowest BCUT2D eigenvalue weighted by molar-refractivity contribution is -0.0561. The van der Waals surface area contributed by atoms with Crippen LogP contribution >= 0.6 is 0 Å². The van der Waals surface area contributed by atoms with Crippen molar-refractivity contribution in [3.05, 3.63) is 0 Å². The van der Waals surface area contributed by atoms with E-state index in [9.17, 15) is 0 Å². The average Bonchev–Trinajstić information content (AvgIpc) is 2.34. The van der Waals surface area contributed by atoms with Gasteiger partial charge in [-0.2, -0.15) is 0 Å². The molecule has 2 fully saturated rings. The molecule has 0 aromatic rings. The van der Waals surface area contributed by atoms with Gasteiger partial charge in [-0.25, -0.2) is 0 Å². The third-order valence-corrected chi connectivity index (χ3v) is 2.83. The highest BCUT2D eigenvalue weighted by atomic mass is 16.5. The molecule has 2 nitrogen and oxygen atoms in total. The fourth-order valence-corrected chi connectivity index (χ4v) is 2.20. The highest BCUT2D eigenvalue weighted by Gasteiger charge is 2.35. The van der Waals surface area contributed by atoms with Crippen molar-refractivity contribution in [1.82, 2.24) is 0 Å². The van der Waals surface area contributed by atoms with Gasteiger partial charge in [0.05, 0.1) is 12.7 Å². The topological polar surface area (TPSA) is 29.5 Å². The Morgan fingerprint density at radius 1 is 1.40 bits per heavy atom. The molecule has 3 atom stereocenters. The van der Waals surface area contributed by atoms with Crippen LogP contribution in [-0.2, 0) is 4.74 Å². The SMILES string of the molecule is OCC1OCC2CCC1C2. The summed E-state index contributed by atoms with van der Waals surface area (Å²) >= 11 is 0. The Morgan fingerprint density at radius 3 is 3.10 bits per heavy atom. The Hall–Kier alpha value is -0.0800. The molecule has 10 heavy (non-hydrogen) atoms. The summed E-state index contributed by atoms with van der Waals surface area (Å²) < 4.78 is 5.46. The summed E-state index contributed by atoms with van der Waals surface area (Å²) in [6.07, 6.45) is 4.06. The van der Waals surface area contributed by atoms with Gasteiger partial charge in [0.15, 0.2) is 0 Å². The molecule has 58 valence electrons. The molecule has 0 spiro atoms. The van der Waals surface area contributed by atoms with Crippen LogP contribution in [0.5, 0.6) is 0 Å². The van der Waals surface area contributed by atoms with E-state index in [1.807, 2.05) is 0 Å². The van der Waals surface area contributed by atoms with Crippen LogP contribution in [0.15, 0.2) is 0 Å². The fourth-order valence-electron chi connectivity index (χ4n) is 2.20. The number of ether oxygens (including phenoxy) is 1. The number of hydrogen-bond acceptors (Lipinski definition) is 2. The van der Waals surface area contributed by atoms with Crippen LogP contribution in [-0.4, -0.2) is 24.4 Å². The normalized spacial score (nSPS) is 45.9. The van der Waals surface area contributed by atoms with Crippen molar-refractivity contribution < 1.29 is 9.84 Å². The molecule has 1 aliphatic carbocycles. The van der Waals surface area contributed by atoms with Gasteiger partial charge in [-0.1, -0.05) is 0 Å². The summed E-state index contributed by atoms with van der Waals surface area (Å²) in [7, 11) is 0. The van der Waals surface area contributed by atoms with Crippen LogP contribution in [0.3, 0.4) is 0 Å². The Morgan fingerprint density at radius 2 is 2.30 bits per heavy atom. The third-order valence-electron chi connectivity index (χ3n) is 2.83. The molecule has 0 radical (unpaired) electrons. The van der Waals surface area contributed by atoms with Gasteiger partial charge in [-0.3, -0.25) is 0 Å². The molecule has 1 aliphatic heterocycles. The van der Waals surface area contributed by atoms with Gasteiger partial charge in [0.1, 0.15) is 0 Å². The van der Waals surface area contributed by atoms with Gasteiger partial charge in [0, 0.05) is 6.61 Å². The number of aliphatic hydroxyl groups is 1. The first-order chi connectivity index (χ1) is 4.90. The Labute approximate surface area is 61.2 Å². The van der Waals surface area contributed by atoms with Crippen molar-refractivity contribution in [2.75, 3.05) is 13.2 Å². The van der Waals surface area contributed by atoms with E-state index in [1.54, 1.807) is 0 Å². The second-order valence-corrected chi connectivity index (χ2v) is 3.49. The van der Waals surface area contributed by atoms with Crippen molar-refractivity contribution in [2.45, 2.75) is 25.4 Å². The molecule has 2 bridgehead atoms. The molecule has 3 unspecified atom stereocenters. The summed E-state index contributed by atoms with van der Waals surface area (Å²) in [6.45, 7) is 1.11. The lowest BCUT2D eigenvalue weighted by Crippen LogP contribution is -2.31. The summed E-state index contributed by atoms with van der Waals surface area (Å²) in [5, 5.41) is 8.89. The molecule has 1 saturated carbocycles. The smallest absolute Gasteiger partial charge is 0.0834 e. The molecule has 0 aromatic heterocycles. The number of aliphatic hydroxyl groups excluding tert-OH is 1. The van der Waals surface area contributed by atoms with Crippen molar-refractivity contribution in [3.63, 3.8) is 0 Å². The van der Waals surface area contributed by atoms with E-state index >= 15 is 0 Å². The molecular formula is C8H14O2. The summed E-state index contributed by atoms with van der Waals surface area (Å²) in [4.78, 5) is 0. The van der Waals surface area contributed by atoms with Gasteiger partial charge in [-0.05, 0) is 31.1 Å². The summed E-state index contributed by atoms with van der Waals surface area (Å²) in [5.74, 6) is 1.48. The van der Waals surface area contributed by atoms with E-state index in [0.29, 0.717) is 5.92 Å². The minimum absolute atomic E-state index is 0.166. The first-order valence-corrected chi connectivity index (χ1v) is 4.12. The second-order valence-electron chi connectivity index (χ2n) is 3.49. The number of fused-ring (bicyclic) bond motifs is 2. The van der Waals surface area contributed by atoms with Crippen LogP contribution < -0.4 is 0 Å². The van der Waals surface area contributed by atoms with Crippen molar-refractivity contribution in [2.24, 2.45) is 11.8 Å². The highest BCUT2D eigenvalue weighted by molar-refractivity contribution is 4.85. The zero-order chi connectivity index (χ0) is 6.97. The molecule has 1 saturated heterocycles. The Kier molecular flexibility index (Phi) is 1.66. The molecule has 2 rings (SSSR count). The standard InChI is InChI=1S/C8H14O2/c9-4-8-7-2-1-6(3-7)5-10-8/h6-9H,1-5H2. The largest absolute Gasteiger partial charge is 0.394 e. The minimum Gasteiger partial charge on any atom is -0.394 e. The van der Waals surface area contributed by atoms with Crippen LogP contribution in [0.1, 0.15) is 19.3 Å². The second kappa shape index (κ2) is 2.51. The molecule has 0 aromatic carbocycles. The van der Waals surface area contributed by atoms with E-state index in [-0.39, 0.29) is 12.7 Å². The number of hydrogen-bond donors (Lipinski definition) is 1. The van der Waals surface area contributed by atoms with Crippen LogP contribution in [0.25, 0.3) is 0 Å². The Balaban J connectivity index is 2.00. The number of rotatable bonds is 1. The first kappa shape index (κ1) is 6.62. The van der Waals surface area contributed by atoms with Crippen molar-refractivity contribution in [3.8, 4) is 0 Å². The van der Waals surface area contributed by atoms with Gasteiger partial charge in [-0.15, -0.1) is 0 Å². The predicted octanol–water partition coefficient (Wildman–Crippen LogP) is 0.794. The van der Waals surface area contributed by atoms with Gasteiger partial charge in [0.25, 0.3) is 0 Å². The highest BCUT2D eigenvalue weighted by Crippen LogP contribution is 2.38. The van der Waals surface area contributed by atoms with Gasteiger partial charge >= 0.3 is 0 Å². The quantitative estimate of drug-likeness (QED) is 0.586. The van der Waals surface area contributed by atoms with Crippen molar-refractivity contribution >= 4 is 0 Å². The van der Waals surface area contributed by atoms with Crippen LogP contribution in [0.4, 0.5) is 0 Å². The predicted molar refractivity (Wildman–Crippen MR) is 37.7 cm³/mol. The average molecular weight is 142 g/mol. The van der Waals surface area contributed by atoms with Gasteiger partial charge < -0.3 is 9.84 Å². The molecule has 2 heteroatoms. The zero-order valence-corrected chi connectivity index (χ0v) is 6.12. The fraction of sp³-hybridized carbons (Fsp3) is 1.00. The monoisotopic (exact) mass is 142 g/mol. The van der Waals surface area contributed by atoms with E-state index in [2.05, 4.69) is 0 Å². The van der Waals surface area contributed by atoms with E-state index in [4.69, 9.17) is 9.84 Å². The molecular weight excluding hydrogens is 128 g/mol. The zero-order valence-electron chi connectivity index (χ0n) is 6.12. The lowest BCUT2D eigenvalue weighted by atomic mass is 9.97. The van der Waals surface area contributed by atoms with Crippen LogP contribution in [0.2, 0.25) is 0 Å². The summed E-state index contributed by atoms with van der Waals surface area (Å²) in [6, 6.07) is 0. The maximum Gasteiger partial charge on any atom is 0.0834 e. The maximum absolute atomic E-state index is 8.89. The first-order valence-electron chi connectivity index (χ1n) is 4.12. The molecule has 1 N–H and O–H groups in total. The van der Waals surface area contributed by atoms with Crippen LogP contribution in [0, 0.1) is 11.8 Å². The van der Waals surface area contributed by atoms with Gasteiger partial charge in [0.2, 0.25) is 0 Å². The molecule has 1 heterocycles. The van der Waals surface area contributed by atoms with E-state index in [1.165, 1.54) is 19.3 Å². The minimum atomic E-state index is 0.166. The van der Waals surface area contributed by atoms with Crippen molar-refractivity contribution in [1.29, 1.82) is 0 Å². The third kappa shape index (κ3) is 0.956. The Bertz CT molecular complexity index is 124. The van der Waals surface area contributed by atoms with E-state index in [0.717, 1.165) is 12.5 Å². The molecule has 2 aliphatic rings. The lowest BCUT2D eigenvalue weighted by Gasteiger charge is -2.27. The summed E-state index contributed by atoms with van der Waals surface area (Å²) in [5.41, 5.74) is 0.